The van der Waals surface area contributed by atoms with E-state index in [-0.39, 0.29) is 0 Å². The molecule has 2 heterocycles. The fourth-order valence-electron chi connectivity index (χ4n) is 5.09. The van der Waals surface area contributed by atoms with E-state index < -0.39 is 0 Å². The molecule has 0 unspecified atom stereocenters. The van der Waals surface area contributed by atoms with Gasteiger partial charge in [0.15, 0.2) is 5.82 Å². The van der Waals surface area contributed by atoms with Crippen LogP contribution in [0.3, 0.4) is 0 Å². The van der Waals surface area contributed by atoms with Gasteiger partial charge in [-0.2, -0.15) is 0 Å². The van der Waals surface area contributed by atoms with Gasteiger partial charge in [-0.15, -0.1) is 11.3 Å². The fraction of sp³-hybridized carbons (Fsp3) is 0.0541. The first-order chi connectivity index (χ1) is 20.2. The standard InChI is InChI=1S/C37H27N3S/c1-2-36-38-34-23-30(20-21-35(34)41-36)29-14-9-15-31(22-29)37-39-32(27-12-7-4-8-13-27)24-33(40-37)28-18-16-26(17-19-28)25-10-5-3-6-11-25/h3-24H,2H2,1H3. The molecule has 0 fully saturated rings. The average Bonchev–Trinajstić information content (AvgIpc) is 3.48. The smallest absolute Gasteiger partial charge is 0.160 e. The van der Waals surface area contributed by atoms with Gasteiger partial charge in [0.05, 0.1) is 26.6 Å². The predicted molar refractivity (Wildman–Crippen MR) is 172 cm³/mol. The van der Waals surface area contributed by atoms with E-state index in [1.54, 1.807) is 11.3 Å². The molecule has 7 aromatic rings. The molecule has 0 N–H and O–H groups in total. The Hall–Kier alpha value is -4.93. The maximum Gasteiger partial charge on any atom is 0.160 e. The number of rotatable bonds is 6. The van der Waals surface area contributed by atoms with E-state index in [4.69, 9.17) is 15.0 Å². The minimum Gasteiger partial charge on any atom is -0.241 e. The Balaban J connectivity index is 1.31. The highest BCUT2D eigenvalue weighted by Gasteiger charge is 2.12. The van der Waals surface area contributed by atoms with Gasteiger partial charge in [-0.3, -0.25) is 0 Å². The lowest BCUT2D eigenvalue weighted by Gasteiger charge is -2.11. The van der Waals surface area contributed by atoms with Gasteiger partial charge in [-0.25, -0.2) is 15.0 Å². The number of aryl methyl sites for hydroxylation is 1. The Labute approximate surface area is 243 Å². The number of hydrogen-bond acceptors (Lipinski definition) is 4. The summed E-state index contributed by atoms with van der Waals surface area (Å²) in [6, 6.07) is 46.5. The van der Waals surface area contributed by atoms with Gasteiger partial charge in [0.25, 0.3) is 0 Å². The molecule has 5 aromatic carbocycles. The second-order valence-corrected chi connectivity index (χ2v) is 11.1. The summed E-state index contributed by atoms with van der Waals surface area (Å²) in [5, 5.41) is 1.17. The van der Waals surface area contributed by atoms with Crippen molar-refractivity contribution in [3.05, 3.63) is 138 Å². The molecule has 2 aromatic heterocycles. The van der Waals surface area contributed by atoms with Gasteiger partial charge in [-0.1, -0.05) is 116 Å². The summed E-state index contributed by atoms with van der Waals surface area (Å²) in [6.45, 7) is 2.15. The molecule has 0 spiro atoms. The summed E-state index contributed by atoms with van der Waals surface area (Å²) in [7, 11) is 0. The van der Waals surface area contributed by atoms with Crippen molar-refractivity contribution in [3.63, 3.8) is 0 Å². The normalized spacial score (nSPS) is 11.1. The van der Waals surface area contributed by atoms with Crippen molar-refractivity contribution in [2.24, 2.45) is 0 Å². The van der Waals surface area contributed by atoms with E-state index in [1.165, 1.54) is 20.8 Å². The van der Waals surface area contributed by atoms with Crippen LogP contribution in [0.1, 0.15) is 11.9 Å². The van der Waals surface area contributed by atoms with Crippen LogP contribution in [0.2, 0.25) is 0 Å². The molecule has 7 rings (SSSR count). The second kappa shape index (κ2) is 10.9. The summed E-state index contributed by atoms with van der Waals surface area (Å²) in [4.78, 5) is 14.9. The number of hydrogen-bond donors (Lipinski definition) is 0. The third kappa shape index (κ3) is 5.18. The lowest BCUT2D eigenvalue weighted by atomic mass is 10.0. The molecule has 0 aliphatic heterocycles. The fourth-order valence-corrected chi connectivity index (χ4v) is 5.98. The summed E-state index contributed by atoms with van der Waals surface area (Å²) in [5.74, 6) is 0.707. The van der Waals surface area contributed by atoms with Crippen molar-refractivity contribution in [3.8, 4) is 56.2 Å². The van der Waals surface area contributed by atoms with E-state index in [0.717, 1.165) is 51.1 Å². The van der Waals surface area contributed by atoms with Crippen molar-refractivity contribution in [2.75, 3.05) is 0 Å². The molecule has 0 aliphatic rings. The van der Waals surface area contributed by atoms with E-state index in [9.17, 15) is 0 Å². The molecule has 0 saturated carbocycles. The first-order valence-electron chi connectivity index (χ1n) is 13.8. The molecule has 0 amide bonds. The Morgan fingerprint density at radius 3 is 1.71 bits per heavy atom. The Morgan fingerprint density at radius 1 is 0.463 bits per heavy atom. The Kier molecular flexibility index (Phi) is 6.67. The largest absolute Gasteiger partial charge is 0.241 e. The van der Waals surface area contributed by atoms with Crippen molar-refractivity contribution in [2.45, 2.75) is 13.3 Å². The highest BCUT2D eigenvalue weighted by molar-refractivity contribution is 7.18. The first kappa shape index (κ1) is 25.1. The molecule has 3 nitrogen and oxygen atoms in total. The van der Waals surface area contributed by atoms with Crippen LogP contribution in [0.15, 0.2) is 133 Å². The highest BCUT2D eigenvalue weighted by Crippen LogP contribution is 2.32. The Bertz CT molecular complexity index is 1960. The van der Waals surface area contributed by atoms with Gasteiger partial charge < -0.3 is 0 Å². The van der Waals surface area contributed by atoms with E-state index in [2.05, 4.69) is 116 Å². The topological polar surface area (TPSA) is 38.7 Å². The van der Waals surface area contributed by atoms with Crippen LogP contribution < -0.4 is 0 Å². The molecular formula is C37H27N3S. The lowest BCUT2D eigenvalue weighted by Crippen LogP contribution is -1.96. The van der Waals surface area contributed by atoms with Crippen molar-refractivity contribution in [1.29, 1.82) is 0 Å². The van der Waals surface area contributed by atoms with Crippen LogP contribution in [-0.4, -0.2) is 15.0 Å². The zero-order chi connectivity index (χ0) is 27.6. The SMILES string of the molecule is CCc1nc2cc(-c3cccc(-c4nc(-c5ccccc5)cc(-c5ccc(-c6ccccc6)cc5)n4)c3)ccc2s1. The Morgan fingerprint density at radius 2 is 1.00 bits per heavy atom. The third-order valence-corrected chi connectivity index (χ3v) is 8.45. The minimum absolute atomic E-state index is 0.707. The van der Waals surface area contributed by atoms with E-state index in [1.807, 2.05) is 24.3 Å². The van der Waals surface area contributed by atoms with Crippen LogP contribution in [0, 0.1) is 0 Å². The van der Waals surface area contributed by atoms with Gasteiger partial charge in [-0.05, 0) is 52.9 Å². The molecule has 0 aliphatic carbocycles. The lowest BCUT2D eigenvalue weighted by molar-refractivity contribution is 1.11. The van der Waals surface area contributed by atoms with Crippen LogP contribution >= 0.6 is 11.3 Å². The van der Waals surface area contributed by atoms with Gasteiger partial charge in [0.1, 0.15) is 0 Å². The summed E-state index contributed by atoms with van der Waals surface area (Å²) >= 11 is 1.77. The van der Waals surface area contributed by atoms with Gasteiger partial charge in [0, 0.05) is 16.7 Å². The van der Waals surface area contributed by atoms with Gasteiger partial charge >= 0.3 is 0 Å². The molecular weight excluding hydrogens is 518 g/mol. The molecule has 4 heteroatoms. The van der Waals surface area contributed by atoms with Crippen LogP contribution in [-0.2, 0) is 6.42 Å². The zero-order valence-corrected chi connectivity index (χ0v) is 23.5. The maximum absolute atomic E-state index is 5.08. The number of fused-ring (bicyclic) bond motifs is 1. The van der Waals surface area contributed by atoms with Crippen LogP contribution in [0.25, 0.3) is 66.4 Å². The van der Waals surface area contributed by atoms with Crippen molar-refractivity contribution in [1.82, 2.24) is 15.0 Å². The number of thiazole rings is 1. The molecule has 196 valence electrons. The van der Waals surface area contributed by atoms with Crippen LogP contribution in [0.4, 0.5) is 0 Å². The second-order valence-electron chi connectivity index (χ2n) is 10.00. The summed E-state index contributed by atoms with van der Waals surface area (Å²) in [6.07, 6.45) is 0.955. The highest BCUT2D eigenvalue weighted by atomic mass is 32.1. The molecule has 41 heavy (non-hydrogen) atoms. The molecule has 0 atom stereocenters. The summed E-state index contributed by atoms with van der Waals surface area (Å²) in [5.41, 5.74) is 10.6. The monoisotopic (exact) mass is 545 g/mol. The number of benzene rings is 5. The third-order valence-electron chi connectivity index (χ3n) is 7.27. The molecule has 0 bridgehead atoms. The van der Waals surface area contributed by atoms with Crippen molar-refractivity contribution < 1.29 is 0 Å². The van der Waals surface area contributed by atoms with Gasteiger partial charge in [0.2, 0.25) is 0 Å². The average molecular weight is 546 g/mol. The maximum atomic E-state index is 5.08. The van der Waals surface area contributed by atoms with Crippen molar-refractivity contribution >= 4 is 21.6 Å². The van der Waals surface area contributed by atoms with E-state index in [0.29, 0.717) is 5.82 Å². The molecule has 0 radical (unpaired) electrons. The molecule has 0 saturated heterocycles. The predicted octanol–water partition coefficient (Wildman–Crippen LogP) is 9.98. The van der Waals surface area contributed by atoms with E-state index >= 15 is 0 Å². The summed E-state index contributed by atoms with van der Waals surface area (Å²) < 4.78 is 1.23. The number of nitrogens with zero attached hydrogens (tertiary/aromatic N) is 3. The minimum atomic E-state index is 0.707. The van der Waals surface area contributed by atoms with Crippen LogP contribution in [0.5, 0.6) is 0 Å². The zero-order valence-electron chi connectivity index (χ0n) is 22.7. The quantitative estimate of drug-likeness (QED) is 0.209. The number of aromatic nitrogens is 3. The first-order valence-corrected chi connectivity index (χ1v) is 14.7.